The van der Waals surface area contributed by atoms with Crippen molar-refractivity contribution in [3.8, 4) is 0 Å². The summed E-state index contributed by atoms with van der Waals surface area (Å²) in [6, 6.07) is -0.644. The summed E-state index contributed by atoms with van der Waals surface area (Å²) in [6.45, 7) is 10.3. The van der Waals surface area contributed by atoms with Crippen molar-refractivity contribution in [1.82, 2.24) is 5.32 Å². The number of carbonyl (C=O) groups excluding carboxylic acids is 2. The standard InChI is InChI=1S/C21H39NO4/c1-5-8-9-10-11-12-13-14-15-17-25-20(23)19(18(4)7-3)22-21(24)26-16-6-2/h5,18-19H,1,6-17H2,2-4H3,(H,22,24). The minimum absolute atomic E-state index is 0.00671. The van der Waals surface area contributed by atoms with Gasteiger partial charge in [-0.2, -0.15) is 0 Å². The molecule has 5 nitrogen and oxygen atoms in total. The summed E-state index contributed by atoms with van der Waals surface area (Å²) in [6.07, 6.45) is 12.1. The van der Waals surface area contributed by atoms with Crippen LogP contribution in [0.5, 0.6) is 0 Å². The number of nitrogens with one attached hydrogen (secondary N) is 1. The van der Waals surface area contributed by atoms with Crippen LogP contribution >= 0.6 is 0 Å². The molecule has 1 amide bonds. The average Bonchev–Trinajstić information content (AvgIpc) is 2.65. The Morgan fingerprint density at radius 2 is 1.58 bits per heavy atom. The van der Waals surface area contributed by atoms with Crippen LogP contribution < -0.4 is 5.32 Å². The van der Waals surface area contributed by atoms with Crippen LogP contribution in [0.1, 0.15) is 85.0 Å². The minimum atomic E-state index is -0.644. The Bertz CT molecular complexity index is 384. The molecule has 152 valence electrons. The highest BCUT2D eigenvalue weighted by molar-refractivity contribution is 5.81. The molecular formula is C21H39NO4. The molecule has 0 spiro atoms. The van der Waals surface area contributed by atoms with E-state index in [1.165, 1.54) is 32.1 Å². The molecule has 0 bridgehead atoms. The van der Waals surface area contributed by atoms with Crippen LogP contribution in [0.3, 0.4) is 0 Å². The lowest BCUT2D eigenvalue weighted by Crippen LogP contribution is -2.46. The number of hydrogen-bond acceptors (Lipinski definition) is 4. The molecule has 2 atom stereocenters. The van der Waals surface area contributed by atoms with E-state index in [-0.39, 0.29) is 11.9 Å². The molecule has 0 saturated heterocycles. The van der Waals surface area contributed by atoms with Gasteiger partial charge >= 0.3 is 12.1 Å². The fraction of sp³-hybridized carbons (Fsp3) is 0.810. The van der Waals surface area contributed by atoms with Crippen molar-refractivity contribution in [2.75, 3.05) is 13.2 Å². The molecule has 1 N–H and O–H groups in total. The van der Waals surface area contributed by atoms with E-state index in [4.69, 9.17) is 9.47 Å². The summed E-state index contributed by atoms with van der Waals surface area (Å²) in [5.74, 6) is -0.357. The number of allylic oxidation sites excluding steroid dienone is 1. The maximum Gasteiger partial charge on any atom is 0.407 e. The predicted molar refractivity (Wildman–Crippen MR) is 106 cm³/mol. The molecule has 0 heterocycles. The number of hydrogen-bond donors (Lipinski definition) is 1. The first-order chi connectivity index (χ1) is 12.6. The van der Waals surface area contributed by atoms with E-state index in [0.29, 0.717) is 13.2 Å². The topological polar surface area (TPSA) is 64.6 Å². The van der Waals surface area contributed by atoms with Gasteiger partial charge in [-0.15, -0.1) is 6.58 Å². The maximum atomic E-state index is 12.3. The fourth-order valence-corrected chi connectivity index (χ4v) is 2.57. The minimum Gasteiger partial charge on any atom is -0.464 e. The van der Waals surface area contributed by atoms with Crippen LogP contribution in [0.15, 0.2) is 12.7 Å². The number of esters is 1. The second-order valence-corrected chi connectivity index (χ2v) is 6.86. The normalized spacial score (nSPS) is 12.9. The molecule has 0 aromatic carbocycles. The third-order valence-electron chi connectivity index (χ3n) is 4.47. The Morgan fingerprint density at radius 1 is 0.962 bits per heavy atom. The molecule has 0 aliphatic rings. The monoisotopic (exact) mass is 369 g/mol. The van der Waals surface area contributed by atoms with Crippen molar-refractivity contribution < 1.29 is 19.1 Å². The predicted octanol–water partition coefficient (Wildman–Crippen LogP) is 5.39. The second kappa shape index (κ2) is 16.9. The molecule has 2 unspecified atom stereocenters. The van der Waals surface area contributed by atoms with Gasteiger partial charge in [-0.25, -0.2) is 9.59 Å². The van der Waals surface area contributed by atoms with Crippen LogP contribution in [-0.2, 0) is 14.3 Å². The molecule has 0 saturated carbocycles. The Hall–Kier alpha value is -1.52. The van der Waals surface area contributed by atoms with E-state index in [1.54, 1.807) is 0 Å². The van der Waals surface area contributed by atoms with E-state index in [0.717, 1.165) is 32.1 Å². The van der Waals surface area contributed by atoms with E-state index in [2.05, 4.69) is 11.9 Å². The first kappa shape index (κ1) is 24.5. The van der Waals surface area contributed by atoms with Crippen LogP contribution in [0.25, 0.3) is 0 Å². The first-order valence-corrected chi connectivity index (χ1v) is 10.3. The van der Waals surface area contributed by atoms with Gasteiger partial charge in [-0.1, -0.05) is 65.4 Å². The molecular weight excluding hydrogens is 330 g/mol. The molecule has 0 aliphatic carbocycles. The fourth-order valence-electron chi connectivity index (χ4n) is 2.57. The SMILES string of the molecule is C=CCCCCCCCCCOC(=O)C(NC(=O)OCCC)C(C)CC. The second-order valence-electron chi connectivity index (χ2n) is 6.86. The van der Waals surface area contributed by atoms with Gasteiger partial charge in [0.15, 0.2) is 0 Å². The quantitative estimate of drug-likeness (QED) is 0.225. The number of unbranched alkanes of at least 4 members (excludes halogenated alkanes) is 7. The Balaban J connectivity index is 3.95. The number of carbonyl (C=O) groups is 2. The van der Waals surface area contributed by atoms with Gasteiger partial charge in [0, 0.05) is 0 Å². The highest BCUT2D eigenvalue weighted by atomic mass is 16.6. The van der Waals surface area contributed by atoms with Crippen molar-refractivity contribution in [2.45, 2.75) is 91.0 Å². The van der Waals surface area contributed by atoms with Crippen LogP contribution in [0.2, 0.25) is 0 Å². The molecule has 5 heteroatoms. The highest BCUT2D eigenvalue weighted by Gasteiger charge is 2.27. The van der Waals surface area contributed by atoms with Crippen LogP contribution in [0, 0.1) is 5.92 Å². The van der Waals surface area contributed by atoms with E-state index in [9.17, 15) is 9.59 Å². The van der Waals surface area contributed by atoms with Crippen LogP contribution in [0.4, 0.5) is 4.79 Å². The maximum absolute atomic E-state index is 12.3. The van der Waals surface area contributed by atoms with E-state index in [1.807, 2.05) is 26.8 Å². The number of ether oxygens (including phenoxy) is 2. The summed E-state index contributed by atoms with van der Waals surface area (Å²) in [7, 11) is 0. The van der Waals surface area contributed by atoms with Crippen LogP contribution in [-0.4, -0.2) is 31.3 Å². The third kappa shape index (κ3) is 12.8. The van der Waals surface area contributed by atoms with Gasteiger partial charge in [-0.3, -0.25) is 0 Å². The summed E-state index contributed by atoms with van der Waals surface area (Å²) in [4.78, 5) is 24.0. The molecule has 0 aromatic heterocycles. The zero-order valence-electron chi connectivity index (χ0n) is 17.1. The van der Waals surface area contributed by atoms with E-state index < -0.39 is 12.1 Å². The lowest BCUT2D eigenvalue weighted by Gasteiger charge is -2.22. The molecule has 0 rings (SSSR count). The van der Waals surface area contributed by atoms with Crippen molar-refractivity contribution in [1.29, 1.82) is 0 Å². The van der Waals surface area contributed by atoms with Gasteiger partial charge in [0.25, 0.3) is 0 Å². The Kier molecular flexibility index (Phi) is 15.9. The molecule has 0 fully saturated rings. The molecule has 0 radical (unpaired) electrons. The Morgan fingerprint density at radius 3 is 2.15 bits per heavy atom. The third-order valence-corrected chi connectivity index (χ3v) is 4.47. The summed E-state index contributed by atoms with van der Waals surface area (Å²) in [5.41, 5.74) is 0. The zero-order chi connectivity index (χ0) is 19.6. The first-order valence-electron chi connectivity index (χ1n) is 10.3. The van der Waals surface area contributed by atoms with E-state index >= 15 is 0 Å². The Labute approximate surface area is 159 Å². The van der Waals surface area contributed by atoms with Gasteiger partial charge in [0.2, 0.25) is 0 Å². The average molecular weight is 370 g/mol. The highest BCUT2D eigenvalue weighted by Crippen LogP contribution is 2.12. The number of rotatable bonds is 16. The summed E-state index contributed by atoms with van der Waals surface area (Å²) in [5, 5.41) is 2.65. The van der Waals surface area contributed by atoms with Crippen molar-refractivity contribution in [2.24, 2.45) is 5.92 Å². The molecule has 0 aromatic rings. The number of alkyl carbamates (subject to hydrolysis) is 1. The molecule has 0 aliphatic heterocycles. The van der Waals surface area contributed by atoms with Gasteiger partial charge in [-0.05, 0) is 31.6 Å². The summed E-state index contributed by atoms with van der Waals surface area (Å²) >= 11 is 0. The zero-order valence-corrected chi connectivity index (χ0v) is 17.1. The van der Waals surface area contributed by atoms with Gasteiger partial charge < -0.3 is 14.8 Å². The van der Waals surface area contributed by atoms with Crippen molar-refractivity contribution >= 4 is 12.1 Å². The van der Waals surface area contributed by atoms with Crippen molar-refractivity contribution in [3.05, 3.63) is 12.7 Å². The lowest BCUT2D eigenvalue weighted by molar-refractivity contribution is -0.147. The largest absolute Gasteiger partial charge is 0.464 e. The smallest absolute Gasteiger partial charge is 0.407 e. The van der Waals surface area contributed by atoms with Crippen molar-refractivity contribution in [3.63, 3.8) is 0 Å². The number of amides is 1. The van der Waals surface area contributed by atoms with Gasteiger partial charge in [0.05, 0.1) is 13.2 Å². The summed E-state index contributed by atoms with van der Waals surface area (Å²) < 4.78 is 10.4. The van der Waals surface area contributed by atoms with Gasteiger partial charge in [0.1, 0.15) is 6.04 Å². The molecule has 26 heavy (non-hydrogen) atoms. The lowest BCUT2D eigenvalue weighted by atomic mass is 9.99.